The number of unbranched alkanes of at least 4 members (excludes halogenated alkanes) is 1. The predicted molar refractivity (Wildman–Crippen MR) is 82.4 cm³/mol. The molecule has 0 aliphatic rings. The summed E-state index contributed by atoms with van der Waals surface area (Å²) in [5, 5.41) is 0. The summed E-state index contributed by atoms with van der Waals surface area (Å²) in [6, 6.07) is 10.6. The Labute approximate surface area is 118 Å². The van der Waals surface area contributed by atoms with Crippen molar-refractivity contribution in [2.75, 3.05) is 0 Å². The lowest BCUT2D eigenvalue weighted by Crippen LogP contribution is -2.11. The highest BCUT2D eigenvalue weighted by Gasteiger charge is 2.13. The highest BCUT2D eigenvalue weighted by atomic mass is 16.1. The third-order valence-corrected chi connectivity index (χ3v) is 3.97. The van der Waals surface area contributed by atoms with E-state index in [1.165, 1.54) is 18.4 Å². The van der Waals surface area contributed by atoms with Crippen LogP contribution in [0.2, 0.25) is 0 Å². The van der Waals surface area contributed by atoms with Gasteiger partial charge < -0.3 is 0 Å². The lowest BCUT2D eigenvalue weighted by molar-refractivity contribution is -0.122. The van der Waals surface area contributed by atoms with Gasteiger partial charge in [0.1, 0.15) is 5.78 Å². The summed E-state index contributed by atoms with van der Waals surface area (Å²) in [5.74, 6) is 1.26. The molecule has 2 atom stereocenters. The van der Waals surface area contributed by atoms with Crippen molar-refractivity contribution in [2.45, 2.75) is 65.2 Å². The van der Waals surface area contributed by atoms with Crippen molar-refractivity contribution in [3.63, 3.8) is 0 Å². The van der Waals surface area contributed by atoms with Crippen molar-refractivity contribution >= 4 is 5.78 Å². The van der Waals surface area contributed by atoms with Gasteiger partial charge in [-0.2, -0.15) is 0 Å². The number of hydrogen-bond donors (Lipinski definition) is 0. The van der Waals surface area contributed by atoms with Crippen molar-refractivity contribution in [2.24, 2.45) is 5.92 Å². The van der Waals surface area contributed by atoms with Gasteiger partial charge in [0.25, 0.3) is 0 Å². The largest absolute Gasteiger partial charge is 0.299 e. The van der Waals surface area contributed by atoms with E-state index in [9.17, 15) is 4.79 Å². The number of carbonyl (C=O) groups excluding carboxylic acids is 1. The van der Waals surface area contributed by atoms with Crippen LogP contribution in [0.5, 0.6) is 0 Å². The molecule has 0 bridgehead atoms. The molecular weight excluding hydrogens is 232 g/mol. The lowest BCUT2D eigenvalue weighted by atomic mass is 9.92. The highest BCUT2D eigenvalue weighted by Crippen LogP contribution is 2.22. The Balaban J connectivity index is 2.24. The predicted octanol–water partition coefficient (Wildman–Crippen LogP) is 5.36. The lowest BCUT2D eigenvalue weighted by Gasteiger charge is -2.13. The van der Waals surface area contributed by atoms with Crippen LogP contribution in [-0.4, -0.2) is 5.78 Å². The first-order valence-corrected chi connectivity index (χ1v) is 7.72. The van der Waals surface area contributed by atoms with Crippen molar-refractivity contribution in [1.82, 2.24) is 0 Å². The molecule has 0 heterocycles. The molecule has 1 heteroatoms. The summed E-state index contributed by atoms with van der Waals surface area (Å²) in [6.45, 7) is 6.51. The molecule has 1 rings (SSSR count). The minimum absolute atomic E-state index is 0.256. The van der Waals surface area contributed by atoms with E-state index in [0.29, 0.717) is 11.7 Å². The second kappa shape index (κ2) is 8.90. The van der Waals surface area contributed by atoms with E-state index in [0.717, 1.165) is 25.7 Å². The number of ketones is 1. The Bertz CT molecular complexity index is 355. The molecule has 0 spiro atoms. The molecular formula is C18H28O. The normalized spacial score (nSPS) is 14.1. The standard InChI is InChI=1S/C18H28O/c1-4-5-10-16(3)18(19)14-9-11-15(2)17-12-7-6-8-13-17/h6-8,12-13,15-16H,4-5,9-11,14H2,1-3H3. The van der Waals surface area contributed by atoms with E-state index >= 15 is 0 Å². The molecule has 0 amide bonds. The van der Waals surface area contributed by atoms with E-state index in [1.807, 2.05) is 0 Å². The number of Topliss-reactive ketones (excluding diaryl/α,β-unsaturated/α-hetero) is 1. The molecule has 0 saturated carbocycles. The molecule has 1 nitrogen and oxygen atoms in total. The third kappa shape index (κ3) is 6.04. The van der Waals surface area contributed by atoms with Crippen LogP contribution in [0.15, 0.2) is 30.3 Å². The summed E-state index contributed by atoms with van der Waals surface area (Å²) in [7, 11) is 0. The maximum absolute atomic E-state index is 12.0. The van der Waals surface area contributed by atoms with E-state index in [4.69, 9.17) is 0 Å². The number of carbonyl (C=O) groups is 1. The van der Waals surface area contributed by atoms with Gasteiger partial charge in [-0.1, -0.05) is 63.9 Å². The van der Waals surface area contributed by atoms with Crippen LogP contribution in [0, 0.1) is 5.92 Å². The van der Waals surface area contributed by atoms with Gasteiger partial charge in [-0.25, -0.2) is 0 Å². The molecule has 1 aromatic carbocycles. The fourth-order valence-corrected chi connectivity index (χ4v) is 2.45. The topological polar surface area (TPSA) is 17.1 Å². The molecule has 106 valence electrons. The van der Waals surface area contributed by atoms with Crippen molar-refractivity contribution in [1.29, 1.82) is 0 Å². The molecule has 0 N–H and O–H groups in total. The molecule has 0 aromatic heterocycles. The van der Waals surface area contributed by atoms with Crippen LogP contribution >= 0.6 is 0 Å². The smallest absolute Gasteiger partial charge is 0.135 e. The fourth-order valence-electron chi connectivity index (χ4n) is 2.45. The number of benzene rings is 1. The minimum atomic E-state index is 0.256. The van der Waals surface area contributed by atoms with E-state index < -0.39 is 0 Å². The summed E-state index contributed by atoms with van der Waals surface area (Å²) in [4.78, 5) is 12.0. The van der Waals surface area contributed by atoms with Crippen LogP contribution in [0.3, 0.4) is 0 Å². The first kappa shape index (κ1) is 15.9. The Morgan fingerprint density at radius 3 is 2.37 bits per heavy atom. The molecule has 1 aromatic rings. The monoisotopic (exact) mass is 260 g/mol. The second-order valence-corrected chi connectivity index (χ2v) is 5.71. The molecule has 19 heavy (non-hydrogen) atoms. The highest BCUT2D eigenvalue weighted by molar-refractivity contribution is 5.80. The molecule has 0 saturated heterocycles. The van der Waals surface area contributed by atoms with Crippen LogP contribution in [0.25, 0.3) is 0 Å². The van der Waals surface area contributed by atoms with Gasteiger partial charge >= 0.3 is 0 Å². The summed E-state index contributed by atoms with van der Waals surface area (Å²) >= 11 is 0. The molecule has 0 aliphatic carbocycles. The Kier molecular flexibility index (Phi) is 7.47. The summed E-state index contributed by atoms with van der Waals surface area (Å²) in [5.41, 5.74) is 1.38. The average molecular weight is 260 g/mol. The number of hydrogen-bond acceptors (Lipinski definition) is 1. The Morgan fingerprint density at radius 1 is 1.05 bits per heavy atom. The van der Waals surface area contributed by atoms with Crippen LogP contribution in [0.1, 0.15) is 70.8 Å². The molecule has 0 fully saturated rings. The molecule has 0 radical (unpaired) electrons. The Hall–Kier alpha value is -1.11. The van der Waals surface area contributed by atoms with Crippen LogP contribution < -0.4 is 0 Å². The van der Waals surface area contributed by atoms with Crippen molar-refractivity contribution in [3.8, 4) is 0 Å². The maximum Gasteiger partial charge on any atom is 0.135 e. The second-order valence-electron chi connectivity index (χ2n) is 5.71. The van der Waals surface area contributed by atoms with Crippen LogP contribution in [0.4, 0.5) is 0 Å². The first-order valence-electron chi connectivity index (χ1n) is 7.72. The van der Waals surface area contributed by atoms with Gasteiger partial charge in [0, 0.05) is 12.3 Å². The minimum Gasteiger partial charge on any atom is -0.299 e. The Morgan fingerprint density at radius 2 is 1.74 bits per heavy atom. The SMILES string of the molecule is CCCCC(C)C(=O)CCCC(C)c1ccccc1. The van der Waals surface area contributed by atoms with Gasteiger partial charge in [0.05, 0.1) is 0 Å². The zero-order chi connectivity index (χ0) is 14.1. The maximum atomic E-state index is 12.0. The van der Waals surface area contributed by atoms with Gasteiger partial charge in [-0.05, 0) is 30.7 Å². The van der Waals surface area contributed by atoms with Crippen molar-refractivity contribution in [3.05, 3.63) is 35.9 Å². The van der Waals surface area contributed by atoms with Gasteiger partial charge in [-0.3, -0.25) is 4.79 Å². The van der Waals surface area contributed by atoms with Gasteiger partial charge in [-0.15, -0.1) is 0 Å². The van der Waals surface area contributed by atoms with Crippen LogP contribution in [-0.2, 0) is 4.79 Å². The van der Waals surface area contributed by atoms with E-state index in [1.54, 1.807) is 0 Å². The average Bonchev–Trinajstić information content (AvgIpc) is 2.45. The molecule has 0 aliphatic heterocycles. The fraction of sp³-hybridized carbons (Fsp3) is 0.611. The zero-order valence-corrected chi connectivity index (χ0v) is 12.7. The summed E-state index contributed by atoms with van der Waals surface area (Å²) in [6.07, 6.45) is 6.29. The van der Waals surface area contributed by atoms with Gasteiger partial charge in [0.15, 0.2) is 0 Å². The van der Waals surface area contributed by atoms with Gasteiger partial charge in [0.2, 0.25) is 0 Å². The van der Waals surface area contributed by atoms with E-state index in [-0.39, 0.29) is 5.92 Å². The molecule has 2 unspecified atom stereocenters. The first-order chi connectivity index (χ1) is 9.15. The van der Waals surface area contributed by atoms with Crippen molar-refractivity contribution < 1.29 is 4.79 Å². The quantitative estimate of drug-likeness (QED) is 0.584. The number of rotatable bonds is 9. The third-order valence-electron chi connectivity index (χ3n) is 3.97. The zero-order valence-electron chi connectivity index (χ0n) is 12.7. The summed E-state index contributed by atoms with van der Waals surface area (Å²) < 4.78 is 0. The van der Waals surface area contributed by atoms with E-state index in [2.05, 4.69) is 51.1 Å².